The normalized spacial score (nSPS) is 16.8. The molecule has 7 rings (SSSR count). The van der Waals surface area contributed by atoms with Crippen molar-refractivity contribution < 1.29 is 32.3 Å². The molecule has 3 aliphatic heterocycles. The van der Waals surface area contributed by atoms with E-state index in [0.29, 0.717) is 55.6 Å². The molecule has 3 saturated heterocycles. The Bertz CT molecular complexity index is 2090. The Morgan fingerprint density at radius 1 is 1.00 bits per heavy atom. The SMILES string of the molecule is CCc1c(N2CCN(C(=O)CNC(=O)c3ccccc3)CC2)c(=O)n2nc(N3CC4(COC4)C3)nc2n1CC(=O)Nc1ccc(C(F)(F)F)cc1Cl. The van der Waals surface area contributed by atoms with E-state index in [9.17, 15) is 32.3 Å². The Kier molecular flexibility index (Phi) is 9.33. The molecule has 0 aliphatic carbocycles. The van der Waals surface area contributed by atoms with Crippen LogP contribution < -0.4 is 26.0 Å². The largest absolute Gasteiger partial charge is 0.416 e. The Hall–Kier alpha value is -5.16. The Morgan fingerprint density at radius 3 is 2.33 bits per heavy atom. The molecule has 18 heteroatoms. The number of nitrogens with one attached hydrogen (secondary N) is 2. The maximum absolute atomic E-state index is 14.2. The quantitative estimate of drug-likeness (QED) is 0.265. The van der Waals surface area contributed by atoms with Crippen LogP contribution in [0.15, 0.2) is 53.3 Å². The van der Waals surface area contributed by atoms with Crippen molar-refractivity contribution in [2.75, 3.05) is 74.1 Å². The molecule has 1 spiro atoms. The number of alkyl halides is 3. The van der Waals surface area contributed by atoms with Gasteiger partial charge in [-0.3, -0.25) is 19.2 Å². The van der Waals surface area contributed by atoms with Crippen LogP contribution in [0.5, 0.6) is 0 Å². The molecule has 52 heavy (non-hydrogen) atoms. The van der Waals surface area contributed by atoms with Crippen LogP contribution in [-0.4, -0.2) is 101 Å². The van der Waals surface area contributed by atoms with Crippen LogP contribution in [0, 0.1) is 5.41 Å². The fourth-order valence-electron chi connectivity index (χ4n) is 6.80. The number of fused-ring (bicyclic) bond motifs is 1. The maximum Gasteiger partial charge on any atom is 0.416 e. The van der Waals surface area contributed by atoms with E-state index in [1.807, 2.05) is 16.7 Å². The molecular weight excluding hydrogens is 707 g/mol. The molecule has 274 valence electrons. The third kappa shape index (κ3) is 6.77. The third-order valence-electron chi connectivity index (χ3n) is 9.56. The lowest BCUT2D eigenvalue weighted by Gasteiger charge is -2.54. The minimum Gasteiger partial charge on any atom is -0.380 e. The number of amides is 3. The Morgan fingerprint density at radius 2 is 1.71 bits per heavy atom. The van der Waals surface area contributed by atoms with Crippen molar-refractivity contribution in [3.63, 3.8) is 0 Å². The second-order valence-electron chi connectivity index (χ2n) is 13.2. The fourth-order valence-corrected chi connectivity index (χ4v) is 7.02. The van der Waals surface area contributed by atoms with Crippen LogP contribution in [0.4, 0.5) is 30.5 Å². The molecular formula is C34H35ClF3N9O5. The van der Waals surface area contributed by atoms with E-state index in [1.54, 1.807) is 39.8 Å². The molecule has 0 bridgehead atoms. The van der Waals surface area contributed by atoms with Gasteiger partial charge in [-0.1, -0.05) is 36.7 Å². The first kappa shape index (κ1) is 35.3. The van der Waals surface area contributed by atoms with Crippen molar-refractivity contribution in [3.8, 4) is 0 Å². The topological polar surface area (TPSA) is 146 Å². The summed E-state index contributed by atoms with van der Waals surface area (Å²) in [6.07, 6.45) is -4.29. The van der Waals surface area contributed by atoms with Gasteiger partial charge >= 0.3 is 6.18 Å². The highest BCUT2D eigenvalue weighted by molar-refractivity contribution is 6.33. The minimum absolute atomic E-state index is 0.00787. The van der Waals surface area contributed by atoms with Gasteiger partial charge in [0.15, 0.2) is 0 Å². The number of nitrogens with zero attached hydrogens (tertiary/aromatic N) is 7. The monoisotopic (exact) mass is 741 g/mol. The van der Waals surface area contributed by atoms with Crippen LogP contribution >= 0.6 is 11.6 Å². The standard InChI is InChI=1S/C34H35ClF3N9O5/c1-2-25-28(44-12-10-43(11-13-44)27(49)15-39-29(50)21-6-4-3-5-7-21)30(51)47-32(41-31(42-47)45-17-33(18-45)19-52-20-33)46(25)16-26(48)40-24-9-8-22(14-23(24)35)34(36,37)38/h3-9,14H,2,10-13,15-20H2,1H3,(H,39,50)(H,40,48). The van der Waals surface area contributed by atoms with Crippen LogP contribution in [0.1, 0.15) is 28.5 Å². The lowest BCUT2D eigenvalue weighted by molar-refractivity contribution is -0.137. The number of hydrogen-bond acceptors (Lipinski definition) is 9. The highest BCUT2D eigenvalue weighted by Gasteiger charge is 2.50. The van der Waals surface area contributed by atoms with Crippen LogP contribution in [0.25, 0.3) is 5.78 Å². The molecule has 4 aromatic rings. The number of hydrogen-bond donors (Lipinski definition) is 2. The maximum atomic E-state index is 14.2. The zero-order valence-electron chi connectivity index (χ0n) is 28.1. The molecule has 3 aliphatic rings. The molecule has 2 aromatic carbocycles. The van der Waals surface area contributed by atoms with Gasteiger partial charge in [-0.2, -0.15) is 22.7 Å². The van der Waals surface area contributed by atoms with Crippen molar-refractivity contribution in [1.29, 1.82) is 0 Å². The van der Waals surface area contributed by atoms with Crippen LogP contribution in [0.2, 0.25) is 5.02 Å². The molecule has 2 N–H and O–H groups in total. The van der Waals surface area contributed by atoms with Crippen molar-refractivity contribution in [3.05, 3.63) is 80.7 Å². The molecule has 2 aromatic heterocycles. The van der Waals surface area contributed by atoms with Gasteiger partial charge in [-0.05, 0) is 36.8 Å². The highest BCUT2D eigenvalue weighted by Crippen LogP contribution is 2.39. The molecule has 0 saturated carbocycles. The van der Waals surface area contributed by atoms with Crippen molar-refractivity contribution in [2.45, 2.75) is 26.1 Å². The summed E-state index contributed by atoms with van der Waals surface area (Å²) < 4.78 is 47.7. The summed E-state index contributed by atoms with van der Waals surface area (Å²) in [5, 5.41) is 9.52. The average molecular weight is 742 g/mol. The lowest BCUT2D eigenvalue weighted by atomic mass is 9.78. The van der Waals surface area contributed by atoms with Crippen molar-refractivity contribution >= 4 is 52.4 Å². The van der Waals surface area contributed by atoms with Gasteiger partial charge in [-0.25, -0.2) is 0 Å². The Labute approximate surface area is 300 Å². The molecule has 5 heterocycles. The van der Waals surface area contributed by atoms with Gasteiger partial charge < -0.3 is 34.6 Å². The summed E-state index contributed by atoms with van der Waals surface area (Å²) in [7, 11) is 0. The summed E-state index contributed by atoms with van der Waals surface area (Å²) in [5.74, 6) is -0.791. The predicted molar refractivity (Wildman–Crippen MR) is 185 cm³/mol. The van der Waals surface area contributed by atoms with Gasteiger partial charge in [0.05, 0.1) is 47.1 Å². The van der Waals surface area contributed by atoms with E-state index >= 15 is 0 Å². The van der Waals surface area contributed by atoms with E-state index in [4.69, 9.17) is 16.3 Å². The molecule has 3 fully saturated rings. The predicted octanol–water partition coefficient (Wildman–Crippen LogP) is 2.68. The van der Waals surface area contributed by atoms with Gasteiger partial charge in [0.1, 0.15) is 12.2 Å². The van der Waals surface area contributed by atoms with Gasteiger partial charge in [0, 0.05) is 44.8 Å². The van der Waals surface area contributed by atoms with Gasteiger partial charge in [-0.15, -0.1) is 5.10 Å². The zero-order valence-corrected chi connectivity index (χ0v) is 28.8. The second-order valence-corrected chi connectivity index (χ2v) is 13.6. The summed E-state index contributed by atoms with van der Waals surface area (Å²) in [4.78, 5) is 63.2. The lowest BCUT2D eigenvalue weighted by Crippen LogP contribution is -2.66. The van der Waals surface area contributed by atoms with Crippen molar-refractivity contribution in [1.82, 2.24) is 29.4 Å². The Balaban J connectivity index is 1.14. The van der Waals surface area contributed by atoms with E-state index in [0.717, 1.165) is 18.2 Å². The van der Waals surface area contributed by atoms with E-state index in [2.05, 4.69) is 20.7 Å². The number of ether oxygens (including phenoxy) is 1. The van der Waals surface area contributed by atoms with Crippen LogP contribution in [-0.2, 0) is 33.5 Å². The number of anilines is 3. The third-order valence-corrected chi connectivity index (χ3v) is 9.87. The molecule has 0 atom stereocenters. The first-order valence-corrected chi connectivity index (χ1v) is 17.1. The van der Waals surface area contributed by atoms with Crippen LogP contribution in [0.3, 0.4) is 0 Å². The fraction of sp³-hybridized carbons (Fsp3) is 0.412. The van der Waals surface area contributed by atoms with E-state index < -0.39 is 23.2 Å². The molecule has 0 radical (unpaired) electrons. The second kappa shape index (κ2) is 13.8. The number of benzene rings is 2. The first-order valence-electron chi connectivity index (χ1n) is 16.7. The summed E-state index contributed by atoms with van der Waals surface area (Å²) >= 11 is 6.12. The zero-order chi connectivity index (χ0) is 36.8. The number of carbonyl (C=O) groups is 3. The van der Waals surface area contributed by atoms with E-state index in [1.165, 1.54) is 4.52 Å². The number of halogens is 4. The minimum atomic E-state index is -4.61. The molecule has 0 unspecified atom stereocenters. The number of rotatable bonds is 9. The van der Waals surface area contributed by atoms with Gasteiger partial charge in [0.25, 0.3) is 11.5 Å². The number of carbonyl (C=O) groups excluding carboxylic acids is 3. The van der Waals surface area contributed by atoms with Crippen molar-refractivity contribution in [2.24, 2.45) is 5.41 Å². The molecule has 14 nitrogen and oxygen atoms in total. The average Bonchev–Trinajstić information content (AvgIpc) is 3.53. The first-order chi connectivity index (χ1) is 24.9. The smallest absolute Gasteiger partial charge is 0.380 e. The van der Waals surface area contributed by atoms with Gasteiger partial charge in [0.2, 0.25) is 23.5 Å². The number of piperazine rings is 1. The summed E-state index contributed by atoms with van der Waals surface area (Å²) in [5.41, 5.74) is -0.133. The highest BCUT2D eigenvalue weighted by atomic mass is 35.5. The summed E-state index contributed by atoms with van der Waals surface area (Å²) in [6, 6.07) is 11.2. The molecule has 3 amide bonds. The van der Waals surface area contributed by atoms with E-state index in [-0.39, 0.29) is 73.0 Å². The number of aromatic nitrogens is 4. The summed E-state index contributed by atoms with van der Waals surface area (Å²) in [6.45, 7) is 4.98.